The molecule has 0 radical (unpaired) electrons. The molecule has 1 unspecified atom stereocenters. The van der Waals surface area contributed by atoms with E-state index in [0.717, 1.165) is 47.9 Å². The molecule has 0 aromatic carbocycles. The fourth-order valence-electron chi connectivity index (χ4n) is 4.63. The van der Waals surface area contributed by atoms with Crippen molar-refractivity contribution in [1.82, 2.24) is 25.1 Å². The van der Waals surface area contributed by atoms with Crippen molar-refractivity contribution >= 4 is 23.2 Å². The number of carbonyl (C=O) groups excluding carboxylic acids is 1. The topological polar surface area (TPSA) is 84.3 Å². The lowest BCUT2D eigenvalue weighted by molar-refractivity contribution is -0.00351. The first-order valence-electron chi connectivity index (χ1n) is 12.4. The Morgan fingerprint density at radius 3 is 2.47 bits per heavy atom. The van der Waals surface area contributed by atoms with Gasteiger partial charge in [-0.25, -0.2) is 14.8 Å². The Balaban J connectivity index is 1.28. The minimum atomic E-state index is -0.553. The second-order valence-electron chi connectivity index (χ2n) is 10.4. The molecule has 1 aliphatic carbocycles. The lowest BCUT2D eigenvalue weighted by Gasteiger charge is -2.41. The molecule has 3 aromatic rings. The minimum Gasteiger partial charge on any atom is -0.444 e. The van der Waals surface area contributed by atoms with Crippen LogP contribution < -0.4 is 4.90 Å². The minimum absolute atomic E-state index is 0.0744. The molecule has 1 saturated heterocycles. The number of hydrogen-bond donors (Lipinski definition) is 0. The summed E-state index contributed by atoms with van der Waals surface area (Å²) in [6.07, 6.45) is 5.47. The summed E-state index contributed by atoms with van der Waals surface area (Å²) in [4.78, 5) is 26.1. The van der Waals surface area contributed by atoms with Gasteiger partial charge in [0.2, 0.25) is 5.95 Å². The van der Waals surface area contributed by atoms with Crippen LogP contribution in [0.25, 0.3) is 21.8 Å². The van der Waals surface area contributed by atoms with E-state index in [9.17, 15) is 9.18 Å². The van der Waals surface area contributed by atoms with E-state index < -0.39 is 11.5 Å². The number of anilines is 1. The van der Waals surface area contributed by atoms with E-state index in [4.69, 9.17) is 4.74 Å². The van der Waals surface area contributed by atoms with Gasteiger partial charge >= 0.3 is 6.09 Å². The number of carbonyl (C=O) groups is 1. The summed E-state index contributed by atoms with van der Waals surface area (Å²) >= 11 is 1.43. The van der Waals surface area contributed by atoms with E-state index in [2.05, 4.69) is 25.1 Å². The highest BCUT2D eigenvalue weighted by Gasteiger charge is 2.40. The molecule has 1 aliphatic heterocycles. The summed E-state index contributed by atoms with van der Waals surface area (Å²) in [6.45, 7) is 9.04. The highest BCUT2D eigenvalue weighted by Crippen LogP contribution is 2.33. The number of thiazole rings is 1. The molecule has 8 nitrogen and oxygen atoms in total. The van der Waals surface area contributed by atoms with Crippen LogP contribution in [0, 0.1) is 12.9 Å². The number of pyridine rings is 1. The number of rotatable bonds is 5. The number of hydrogen-bond acceptors (Lipinski definition) is 8. The number of ether oxygens (including phenoxy) is 1. The van der Waals surface area contributed by atoms with Crippen molar-refractivity contribution in [3.05, 3.63) is 41.4 Å². The van der Waals surface area contributed by atoms with Crippen LogP contribution in [-0.2, 0) is 4.74 Å². The predicted molar refractivity (Wildman–Crippen MR) is 137 cm³/mol. The molecule has 2 fully saturated rings. The molecule has 1 amide bonds. The van der Waals surface area contributed by atoms with Crippen molar-refractivity contribution in [2.24, 2.45) is 0 Å². The quantitative estimate of drug-likeness (QED) is 0.420. The summed E-state index contributed by atoms with van der Waals surface area (Å²) in [6, 6.07) is 7.47. The standard InChI is InChI=1S/C26H31FN6O2S/c1-16-28-14-22(36-16)19-8-9-20(29-24(19)27)21-10-11-23(31-30-21)32-13-12-18(15-32)33(17-6-5-7-17)25(34)35-26(2,3)4/h8-11,14,17-18H,5-7,12-13,15H2,1-4H3. The average molecular weight is 511 g/mol. The second kappa shape index (κ2) is 9.72. The summed E-state index contributed by atoms with van der Waals surface area (Å²) in [5.74, 6) is 0.180. The Kier molecular flexibility index (Phi) is 6.63. The average Bonchev–Trinajstić information content (AvgIpc) is 3.44. The highest BCUT2D eigenvalue weighted by molar-refractivity contribution is 7.15. The summed E-state index contributed by atoms with van der Waals surface area (Å²) in [5, 5.41) is 9.60. The third-order valence-electron chi connectivity index (χ3n) is 6.60. The van der Waals surface area contributed by atoms with Gasteiger partial charge in [0.1, 0.15) is 11.3 Å². The Morgan fingerprint density at radius 1 is 1.11 bits per heavy atom. The first kappa shape index (κ1) is 24.5. The van der Waals surface area contributed by atoms with E-state index in [1.54, 1.807) is 18.3 Å². The van der Waals surface area contributed by atoms with Gasteiger partial charge in [0.05, 0.1) is 21.6 Å². The van der Waals surface area contributed by atoms with Crippen LogP contribution in [0.1, 0.15) is 51.5 Å². The third-order valence-corrected chi connectivity index (χ3v) is 7.55. The maximum absolute atomic E-state index is 14.7. The smallest absolute Gasteiger partial charge is 0.410 e. The Labute approximate surface area is 214 Å². The lowest BCUT2D eigenvalue weighted by atomic mass is 9.90. The zero-order valence-corrected chi connectivity index (χ0v) is 21.9. The van der Waals surface area contributed by atoms with E-state index in [-0.39, 0.29) is 18.2 Å². The summed E-state index contributed by atoms with van der Waals surface area (Å²) in [7, 11) is 0. The molecule has 5 rings (SSSR count). The number of aromatic nitrogens is 4. The van der Waals surface area contributed by atoms with E-state index in [0.29, 0.717) is 23.5 Å². The van der Waals surface area contributed by atoms with Gasteiger partial charge < -0.3 is 14.5 Å². The molecular formula is C26H31FN6O2S. The van der Waals surface area contributed by atoms with Crippen molar-refractivity contribution in [2.75, 3.05) is 18.0 Å². The molecule has 0 N–H and O–H groups in total. The Bertz CT molecular complexity index is 1240. The van der Waals surface area contributed by atoms with Crippen LogP contribution in [-0.4, -0.2) is 61.9 Å². The van der Waals surface area contributed by atoms with E-state index in [1.165, 1.54) is 11.3 Å². The highest BCUT2D eigenvalue weighted by atomic mass is 32.1. The maximum atomic E-state index is 14.7. The van der Waals surface area contributed by atoms with Crippen LogP contribution in [0.15, 0.2) is 30.5 Å². The normalized spacial score (nSPS) is 18.2. The van der Waals surface area contributed by atoms with Gasteiger partial charge in [-0.15, -0.1) is 21.5 Å². The largest absolute Gasteiger partial charge is 0.444 e. The second-order valence-corrected chi connectivity index (χ2v) is 11.7. The van der Waals surface area contributed by atoms with Crippen molar-refractivity contribution in [1.29, 1.82) is 0 Å². The first-order valence-corrected chi connectivity index (χ1v) is 13.2. The van der Waals surface area contributed by atoms with Crippen LogP contribution in [0.5, 0.6) is 0 Å². The fourth-order valence-corrected chi connectivity index (χ4v) is 5.42. The molecule has 1 atom stereocenters. The Morgan fingerprint density at radius 2 is 1.89 bits per heavy atom. The van der Waals surface area contributed by atoms with Crippen LogP contribution in [0.4, 0.5) is 15.0 Å². The SMILES string of the molecule is Cc1ncc(-c2ccc(-c3ccc(N4CCC(N(C(=O)OC(C)(C)C)C5CCC5)C4)nn3)nc2F)s1. The first-order chi connectivity index (χ1) is 17.2. The molecule has 0 bridgehead atoms. The van der Waals surface area contributed by atoms with Crippen molar-refractivity contribution < 1.29 is 13.9 Å². The number of nitrogens with zero attached hydrogens (tertiary/aromatic N) is 6. The molecule has 190 valence electrons. The van der Waals surface area contributed by atoms with Gasteiger partial charge in [-0.3, -0.25) is 0 Å². The summed E-state index contributed by atoms with van der Waals surface area (Å²) in [5.41, 5.74) is 0.838. The number of aryl methyl sites for hydroxylation is 1. The molecule has 3 aromatic heterocycles. The number of amides is 1. The Hall–Kier alpha value is -3.14. The molecular weight excluding hydrogens is 479 g/mol. The van der Waals surface area contributed by atoms with E-state index >= 15 is 0 Å². The molecule has 4 heterocycles. The van der Waals surface area contributed by atoms with Crippen molar-refractivity contribution in [3.63, 3.8) is 0 Å². The van der Waals surface area contributed by atoms with Crippen molar-refractivity contribution in [2.45, 2.75) is 71.1 Å². The third kappa shape index (κ3) is 5.18. The molecule has 36 heavy (non-hydrogen) atoms. The van der Waals surface area contributed by atoms with Crippen LogP contribution in [0.2, 0.25) is 0 Å². The van der Waals surface area contributed by atoms with E-state index in [1.807, 2.05) is 44.7 Å². The van der Waals surface area contributed by atoms with Gasteiger partial charge in [-0.1, -0.05) is 0 Å². The van der Waals surface area contributed by atoms with Crippen LogP contribution >= 0.6 is 11.3 Å². The zero-order valence-electron chi connectivity index (χ0n) is 21.1. The van der Waals surface area contributed by atoms with Gasteiger partial charge in [0, 0.05) is 30.9 Å². The van der Waals surface area contributed by atoms with Crippen molar-refractivity contribution in [3.8, 4) is 21.8 Å². The predicted octanol–water partition coefficient (Wildman–Crippen LogP) is 5.48. The molecule has 10 heteroatoms. The van der Waals surface area contributed by atoms with Gasteiger partial charge in [0.25, 0.3) is 0 Å². The fraction of sp³-hybridized carbons (Fsp3) is 0.500. The van der Waals surface area contributed by atoms with Gasteiger partial charge in [-0.05, 0) is 77.6 Å². The molecule has 1 saturated carbocycles. The van der Waals surface area contributed by atoms with Gasteiger partial charge in [0.15, 0.2) is 5.82 Å². The molecule has 0 spiro atoms. The lowest BCUT2D eigenvalue weighted by Crippen LogP contribution is -2.52. The number of halogens is 1. The monoisotopic (exact) mass is 510 g/mol. The zero-order chi connectivity index (χ0) is 25.4. The maximum Gasteiger partial charge on any atom is 0.410 e. The molecule has 2 aliphatic rings. The van der Waals surface area contributed by atoms with Gasteiger partial charge in [-0.2, -0.15) is 4.39 Å². The van der Waals surface area contributed by atoms with Crippen LogP contribution in [0.3, 0.4) is 0 Å². The summed E-state index contributed by atoms with van der Waals surface area (Å²) < 4.78 is 20.4.